The Bertz CT molecular complexity index is 450. The second kappa shape index (κ2) is 4.25. The number of hydrogen-bond donors (Lipinski definition) is 0. The van der Waals surface area contributed by atoms with Gasteiger partial charge in [-0.05, 0) is 39.2 Å². The van der Waals surface area contributed by atoms with Crippen LogP contribution in [0, 0.1) is 5.92 Å². The number of rotatable bonds is 1. The van der Waals surface area contributed by atoms with Crippen molar-refractivity contribution in [2.75, 3.05) is 0 Å². The third-order valence-electron chi connectivity index (χ3n) is 3.61. The van der Waals surface area contributed by atoms with E-state index >= 15 is 0 Å². The van der Waals surface area contributed by atoms with E-state index in [1.165, 1.54) is 16.7 Å². The molecule has 1 aromatic rings. The third kappa shape index (κ3) is 1.82. The van der Waals surface area contributed by atoms with E-state index < -0.39 is 0 Å². The van der Waals surface area contributed by atoms with Gasteiger partial charge in [0.05, 0.1) is 0 Å². The van der Waals surface area contributed by atoms with Crippen LogP contribution in [0.2, 0.25) is 0 Å². The molecule has 0 aromatic heterocycles. The van der Waals surface area contributed by atoms with Gasteiger partial charge in [-0.3, -0.25) is 4.79 Å². The fourth-order valence-electron chi connectivity index (χ4n) is 2.36. The summed E-state index contributed by atoms with van der Waals surface area (Å²) in [5.41, 5.74) is 4.67. The first-order chi connectivity index (χ1) is 7.61. The molecule has 0 saturated heterocycles. The van der Waals surface area contributed by atoms with Crippen molar-refractivity contribution in [2.45, 2.75) is 33.6 Å². The SMILES string of the molecule is CC(C)=C(C)C1CCc2ccccc2C1=O. The molecular formula is C15H18O. The summed E-state index contributed by atoms with van der Waals surface area (Å²) in [6.07, 6.45) is 1.99. The molecule has 0 aliphatic heterocycles. The summed E-state index contributed by atoms with van der Waals surface area (Å²) < 4.78 is 0. The minimum absolute atomic E-state index is 0.111. The second-order valence-corrected chi connectivity index (χ2v) is 4.80. The first kappa shape index (κ1) is 11.1. The maximum Gasteiger partial charge on any atom is 0.170 e. The van der Waals surface area contributed by atoms with Gasteiger partial charge < -0.3 is 0 Å². The van der Waals surface area contributed by atoms with Crippen molar-refractivity contribution in [1.29, 1.82) is 0 Å². The maximum atomic E-state index is 12.3. The summed E-state index contributed by atoms with van der Waals surface area (Å²) in [4.78, 5) is 12.3. The van der Waals surface area contributed by atoms with E-state index in [1.54, 1.807) is 0 Å². The highest BCUT2D eigenvalue weighted by Gasteiger charge is 2.28. The van der Waals surface area contributed by atoms with E-state index in [1.807, 2.05) is 18.2 Å². The molecule has 84 valence electrons. The lowest BCUT2D eigenvalue weighted by Crippen LogP contribution is -2.23. The fourth-order valence-corrected chi connectivity index (χ4v) is 2.36. The molecule has 0 bridgehead atoms. The van der Waals surface area contributed by atoms with Crippen LogP contribution in [0.5, 0.6) is 0 Å². The number of hydrogen-bond acceptors (Lipinski definition) is 1. The van der Waals surface area contributed by atoms with Crippen molar-refractivity contribution in [3.8, 4) is 0 Å². The number of carbonyl (C=O) groups excluding carboxylic acids is 1. The quantitative estimate of drug-likeness (QED) is 0.650. The third-order valence-corrected chi connectivity index (χ3v) is 3.61. The highest BCUT2D eigenvalue weighted by atomic mass is 16.1. The summed E-state index contributed by atoms with van der Waals surface area (Å²) >= 11 is 0. The maximum absolute atomic E-state index is 12.3. The summed E-state index contributed by atoms with van der Waals surface area (Å²) in [6, 6.07) is 8.00. The number of allylic oxidation sites excluding steroid dienone is 2. The molecule has 1 heteroatoms. The molecule has 1 aliphatic carbocycles. The number of fused-ring (bicyclic) bond motifs is 1. The number of carbonyl (C=O) groups is 1. The van der Waals surface area contributed by atoms with E-state index in [9.17, 15) is 4.79 Å². The normalized spacial score (nSPS) is 19.2. The lowest BCUT2D eigenvalue weighted by atomic mass is 9.78. The van der Waals surface area contributed by atoms with E-state index in [4.69, 9.17) is 0 Å². The van der Waals surface area contributed by atoms with Gasteiger partial charge >= 0.3 is 0 Å². The smallest absolute Gasteiger partial charge is 0.170 e. The number of Topliss-reactive ketones (excluding diaryl/α,β-unsaturated/α-hetero) is 1. The minimum Gasteiger partial charge on any atom is -0.293 e. The number of ketones is 1. The van der Waals surface area contributed by atoms with Crippen LogP contribution in [-0.4, -0.2) is 5.78 Å². The average Bonchev–Trinajstić information content (AvgIpc) is 2.29. The molecular weight excluding hydrogens is 196 g/mol. The molecule has 0 amide bonds. The van der Waals surface area contributed by atoms with Crippen LogP contribution >= 0.6 is 0 Å². The van der Waals surface area contributed by atoms with Gasteiger partial charge in [-0.2, -0.15) is 0 Å². The minimum atomic E-state index is 0.111. The predicted molar refractivity (Wildman–Crippen MR) is 66.6 cm³/mol. The van der Waals surface area contributed by atoms with Gasteiger partial charge in [-0.25, -0.2) is 0 Å². The number of aryl methyl sites for hydroxylation is 1. The molecule has 0 radical (unpaired) electrons. The molecule has 1 aliphatic rings. The molecule has 0 N–H and O–H groups in total. The summed E-state index contributed by atoms with van der Waals surface area (Å²) in [7, 11) is 0. The Labute approximate surface area is 97.2 Å². The van der Waals surface area contributed by atoms with E-state index in [0.29, 0.717) is 5.78 Å². The van der Waals surface area contributed by atoms with Crippen LogP contribution < -0.4 is 0 Å². The molecule has 1 atom stereocenters. The lowest BCUT2D eigenvalue weighted by molar-refractivity contribution is 0.0923. The highest BCUT2D eigenvalue weighted by Crippen LogP contribution is 2.31. The van der Waals surface area contributed by atoms with E-state index in [-0.39, 0.29) is 5.92 Å². The van der Waals surface area contributed by atoms with Crippen LogP contribution in [0.25, 0.3) is 0 Å². The molecule has 1 aromatic carbocycles. The van der Waals surface area contributed by atoms with Crippen LogP contribution in [-0.2, 0) is 6.42 Å². The van der Waals surface area contributed by atoms with Crippen LogP contribution in [0.15, 0.2) is 35.4 Å². The summed E-state index contributed by atoms with van der Waals surface area (Å²) in [6.45, 7) is 6.26. The van der Waals surface area contributed by atoms with Gasteiger partial charge in [0.2, 0.25) is 0 Å². The van der Waals surface area contributed by atoms with Gasteiger partial charge in [-0.15, -0.1) is 0 Å². The largest absolute Gasteiger partial charge is 0.293 e. The molecule has 2 rings (SSSR count). The van der Waals surface area contributed by atoms with Gasteiger partial charge in [0.1, 0.15) is 0 Å². The van der Waals surface area contributed by atoms with Gasteiger partial charge in [-0.1, -0.05) is 35.4 Å². The van der Waals surface area contributed by atoms with E-state index in [0.717, 1.165) is 18.4 Å². The number of benzene rings is 1. The van der Waals surface area contributed by atoms with Gasteiger partial charge in [0.15, 0.2) is 5.78 Å². The molecule has 1 unspecified atom stereocenters. The summed E-state index contributed by atoms with van der Waals surface area (Å²) in [5, 5.41) is 0. The molecule has 16 heavy (non-hydrogen) atoms. The average molecular weight is 214 g/mol. The van der Waals surface area contributed by atoms with Crippen molar-refractivity contribution in [1.82, 2.24) is 0 Å². The molecule has 1 nitrogen and oxygen atoms in total. The Kier molecular flexibility index (Phi) is 2.95. The zero-order valence-electron chi connectivity index (χ0n) is 10.2. The molecule has 0 fully saturated rings. The zero-order chi connectivity index (χ0) is 11.7. The molecule has 0 heterocycles. The Hall–Kier alpha value is -1.37. The van der Waals surface area contributed by atoms with Crippen LogP contribution in [0.4, 0.5) is 0 Å². The lowest BCUT2D eigenvalue weighted by Gasteiger charge is -2.24. The Morgan fingerprint density at radius 2 is 1.88 bits per heavy atom. The first-order valence-electron chi connectivity index (χ1n) is 5.87. The Morgan fingerprint density at radius 1 is 1.19 bits per heavy atom. The van der Waals surface area contributed by atoms with Crippen molar-refractivity contribution in [3.63, 3.8) is 0 Å². The monoisotopic (exact) mass is 214 g/mol. The van der Waals surface area contributed by atoms with Crippen molar-refractivity contribution >= 4 is 5.78 Å². The second-order valence-electron chi connectivity index (χ2n) is 4.80. The molecule has 0 saturated carbocycles. The van der Waals surface area contributed by atoms with Crippen molar-refractivity contribution in [2.24, 2.45) is 5.92 Å². The van der Waals surface area contributed by atoms with Gasteiger partial charge in [0.25, 0.3) is 0 Å². The topological polar surface area (TPSA) is 17.1 Å². The van der Waals surface area contributed by atoms with E-state index in [2.05, 4.69) is 26.8 Å². The van der Waals surface area contributed by atoms with Crippen LogP contribution in [0.3, 0.4) is 0 Å². The standard InChI is InChI=1S/C15H18O/c1-10(2)11(3)13-9-8-12-6-4-5-7-14(12)15(13)16/h4-7,13H,8-9H2,1-3H3. The van der Waals surface area contributed by atoms with Gasteiger partial charge in [0, 0.05) is 11.5 Å². The molecule has 0 spiro atoms. The highest BCUT2D eigenvalue weighted by molar-refractivity contribution is 6.01. The Balaban J connectivity index is 2.39. The predicted octanol–water partition coefficient (Wildman–Crippen LogP) is 3.79. The zero-order valence-corrected chi connectivity index (χ0v) is 10.2. The summed E-state index contributed by atoms with van der Waals surface area (Å²) in [5.74, 6) is 0.417. The van der Waals surface area contributed by atoms with Crippen molar-refractivity contribution in [3.05, 3.63) is 46.5 Å². The van der Waals surface area contributed by atoms with Crippen molar-refractivity contribution < 1.29 is 4.79 Å². The Morgan fingerprint density at radius 3 is 2.56 bits per heavy atom. The first-order valence-corrected chi connectivity index (χ1v) is 5.87. The fraction of sp³-hybridized carbons (Fsp3) is 0.400. The van der Waals surface area contributed by atoms with Crippen LogP contribution in [0.1, 0.15) is 43.1 Å².